The average Bonchev–Trinajstić information content (AvgIpc) is 2.45. The van der Waals surface area contributed by atoms with Crippen molar-refractivity contribution in [1.82, 2.24) is 0 Å². The van der Waals surface area contributed by atoms with Crippen molar-refractivity contribution in [2.24, 2.45) is 0 Å². The maximum atomic E-state index is 5.82. The zero-order valence-corrected chi connectivity index (χ0v) is 9.05. The summed E-state index contributed by atoms with van der Waals surface area (Å²) in [6.45, 7) is 2.24. The highest BCUT2D eigenvalue weighted by molar-refractivity contribution is 7.16. The van der Waals surface area contributed by atoms with Crippen LogP contribution in [-0.2, 0) is 6.42 Å². The van der Waals surface area contributed by atoms with Crippen LogP contribution in [0, 0.1) is 0 Å². The Bertz CT molecular complexity index is 217. The predicted octanol–water partition coefficient (Wildman–Crippen LogP) is 4.52. The summed E-state index contributed by atoms with van der Waals surface area (Å²) in [5.41, 5.74) is 0. The van der Waals surface area contributed by atoms with Gasteiger partial charge in [-0.3, -0.25) is 0 Å². The molecule has 1 rings (SSSR count). The van der Waals surface area contributed by atoms with E-state index in [1.165, 1.54) is 37.0 Å². The third-order valence-corrected chi connectivity index (χ3v) is 3.20. The average molecular weight is 203 g/mol. The van der Waals surface area contributed by atoms with Gasteiger partial charge >= 0.3 is 0 Å². The lowest BCUT2D eigenvalue weighted by Crippen LogP contribution is -1.80. The first kappa shape index (κ1) is 10.1. The first-order valence-electron chi connectivity index (χ1n) is 4.57. The van der Waals surface area contributed by atoms with Crippen molar-refractivity contribution in [3.05, 3.63) is 21.3 Å². The van der Waals surface area contributed by atoms with E-state index in [-0.39, 0.29) is 0 Å². The highest BCUT2D eigenvalue weighted by atomic mass is 35.5. The summed E-state index contributed by atoms with van der Waals surface area (Å²) >= 11 is 7.53. The Hall–Kier alpha value is -0.0100. The number of aryl methyl sites for hydroxylation is 1. The molecule has 0 aliphatic rings. The standard InChI is InChI=1S/C10H15ClS/c1-2-3-4-5-6-9-7-8-10(11)12-9/h7-8H,2-6H2,1H3. The fourth-order valence-electron chi connectivity index (χ4n) is 1.21. The van der Waals surface area contributed by atoms with Crippen LogP contribution in [0.2, 0.25) is 4.34 Å². The van der Waals surface area contributed by atoms with Crippen molar-refractivity contribution in [1.29, 1.82) is 0 Å². The quantitative estimate of drug-likeness (QED) is 0.616. The smallest absolute Gasteiger partial charge is 0.0931 e. The Labute approximate surface area is 83.6 Å². The normalized spacial score (nSPS) is 10.5. The van der Waals surface area contributed by atoms with Crippen molar-refractivity contribution in [2.75, 3.05) is 0 Å². The van der Waals surface area contributed by atoms with Gasteiger partial charge in [-0.25, -0.2) is 0 Å². The molecule has 0 saturated carbocycles. The van der Waals surface area contributed by atoms with Crippen molar-refractivity contribution >= 4 is 22.9 Å². The summed E-state index contributed by atoms with van der Waals surface area (Å²) in [5, 5.41) is 0. The minimum absolute atomic E-state index is 0.917. The molecule has 1 heterocycles. The van der Waals surface area contributed by atoms with Crippen LogP contribution in [0.3, 0.4) is 0 Å². The number of unbranched alkanes of at least 4 members (excludes halogenated alkanes) is 3. The second-order valence-electron chi connectivity index (χ2n) is 3.02. The Morgan fingerprint density at radius 2 is 2.08 bits per heavy atom. The topological polar surface area (TPSA) is 0 Å². The summed E-state index contributed by atoms with van der Waals surface area (Å²) < 4.78 is 0.917. The van der Waals surface area contributed by atoms with E-state index in [9.17, 15) is 0 Å². The number of hydrogen-bond acceptors (Lipinski definition) is 1. The summed E-state index contributed by atoms with van der Waals surface area (Å²) in [5.74, 6) is 0. The molecule has 0 N–H and O–H groups in total. The first-order valence-corrected chi connectivity index (χ1v) is 5.76. The number of hydrogen-bond donors (Lipinski definition) is 0. The van der Waals surface area contributed by atoms with Crippen LogP contribution in [0.15, 0.2) is 12.1 Å². The lowest BCUT2D eigenvalue weighted by Gasteiger charge is -1.95. The Morgan fingerprint density at radius 3 is 2.67 bits per heavy atom. The first-order chi connectivity index (χ1) is 5.83. The molecule has 0 amide bonds. The maximum absolute atomic E-state index is 5.82. The van der Waals surface area contributed by atoms with E-state index < -0.39 is 0 Å². The van der Waals surface area contributed by atoms with Gasteiger partial charge in [0, 0.05) is 4.88 Å². The molecule has 0 aliphatic carbocycles. The van der Waals surface area contributed by atoms with Crippen LogP contribution in [0.1, 0.15) is 37.5 Å². The third-order valence-electron chi connectivity index (χ3n) is 1.91. The van der Waals surface area contributed by atoms with Gasteiger partial charge in [0.1, 0.15) is 0 Å². The van der Waals surface area contributed by atoms with E-state index in [0.717, 1.165) is 4.34 Å². The van der Waals surface area contributed by atoms with Gasteiger partial charge < -0.3 is 0 Å². The van der Waals surface area contributed by atoms with Gasteiger partial charge in [-0.15, -0.1) is 11.3 Å². The summed E-state index contributed by atoms with van der Waals surface area (Å²) in [4.78, 5) is 1.43. The molecule has 0 bridgehead atoms. The maximum Gasteiger partial charge on any atom is 0.0931 e. The second-order valence-corrected chi connectivity index (χ2v) is 4.82. The van der Waals surface area contributed by atoms with E-state index in [1.807, 2.05) is 6.07 Å². The molecule has 68 valence electrons. The van der Waals surface area contributed by atoms with Gasteiger partial charge in [-0.1, -0.05) is 37.8 Å². The molecule has 12 heavy (non-hydrogen) atoms. The largest absolute Gasteiger partial charge is 0.128 e. The Kier molecular flexibility index (Phi) is 4.70. The van der Waals surface area contributed by atoms with Crippen LogP contribution in [0.5, 0.6) is 0 Å². The van der Waals surface area contributed by atoms with E-state index in [1.54, 1.807) is 11.3 Å². The molecule has 0 atom stereocenters. The van der Waals surface area contributed by atoms with Crippen LogP contribution in [-0.4, -0.2) is 0 Å². The fourth-order valence-corrected chi connectivity index (χ4v) is 2.34. The number of thiophene rings is 1. The van der Waals surface area contributed by atoms with Crippen molar-refractivity contribution in [3.8, 4) is 0 Å². The Morgan fingerprint density at radius 1 is 1.25 bits per heavy atom. The number of halogens is 1. The van der Waals surface area contributed by atoms with Gasteiger partial charge in [0.15, 0.2) is 0 Å². The molecule has 0 saturated heterocycles. The Balaban J connectivity index is 2.15. The van der Waals surface area contributed by atoms with Crippen LogP contribution in [0.4, 0.5) is 0 Å². The molecule has 0 radical (unpaired) electrons. The molecular weight excluding hydrogens is 188 g/mol. The molecule has 0 unspecified atom stereocenters. The fraction of sp³-hybridized carbons (Fsp3) is 0.600. The van der Waals surface area contributed by atoms with Gasteiger partial charge in [-0.2, -0.15) is 0 Å². The van der Waals surface area contributed by atoms with E-state index >= 15 is 0 Å². The molecule has 0 aromatic carbocycles. The molecule has 1 aromatic heterocycles. The summed E-state index contributed by atoms with van der Waals surface area (Å²) in [6, 6.07) is 4.13. The summed E-state index contributed by atoms with van der Waals surface area (Å²) in [6.07, 6.45) is 6.54. The van der Waals surface area contributed by atoms with E-state index in [0.29, 0.717) is 0 Å². The SMILES string of the molecule is CCCCCCc1ccc(Cl)s1. The van der Waals surface area contributed by atoms with Gasteiger partial charge in [0.25, 0.3) is 0 Å². The highest BCUT2D eigenvalue weighted by Gasteiger charge is 1.96. The van der Waals surface area contributed by atoms with Gasteiger partial charge in [0.05, 0.1) is 4.34 Å². The minimum Gasteiger partial charge on any atom is -0.128 e. The summed E-state index contributed by atoms with van der Waals surface area (Å²) in [7, 11) is 0. The second kappa shape index (κ2) is 5.60. The number of rotatable bonds is 5. The van der Waals surface area contributed by atoms with Crippen molar-refractivity contribution in [3.63, 3.8) is 0 Å². The highest BCUT2D eigenvalue weighted by Crippen LogP contribution is 2.22. The zero-order chi connectivity index (χ0) is 8.81. The molecule has 2 heteroatoms. The lowest BCUT2D eigenvalue weighted by molar-refractivity contribution is 0.670. The van der Waals surface area contributed by atoms with Gasteiger partial charge in [0.2, 0.25) is 0 Å². The molecule has 0 nitrogen and oxygen atoms in total. The van der Waals surface area contributed by atoms with Crippen LogP contribution < -0.4 is 0 Å². The lowest BCUT2D eigenvalue weighted by atomic mass is 10.1. The third kappa shape index (κ3) is 3.59. The molecule has 0 fully saturated rings. The van der Waals surface area contributed by atoms with Crippen LogP contribution in [0.25, 0.3) is 0 Å². The monoisotopic (exact) mass is 202 g/mol. The van der Waals surface area contributed by atoms with Crippen LogP contribution >= 0.6 is 22.9 Å². The molecule has 1 aromatic rings. The van der Waals surface area contributed by atoms with Crippen molar-refractivity contribution < 1.29 is 0 Å². The molecular formula is C10H15ClS. The van der Waals surface area contributed by atoms with E-state index in [2.05, 4.69) is 13.0 Å². The van der Waals surface area contributed by atoms with E-state index in [4.69, 9.17) is 11.6 Å². The molecule has 0 aliphatic heterocycles. The van der Waals surface area contributed by atoms with Gasteiger partial charge in [-0.05, 0) is 25.0 Å². The van der Waals surface area contributed by atoms with Crippen molar-refractivity contribution in [2.45, 2.75) is 39.0 Å². The minimum atomic E-state index is 0.917. The molecule has 0 spiro atoms. The predicted molar refractivity (Wildman–Crippen MR) is 57.2 cm³/mol. The zero-order valence-electron chi connectivity index (χ0n) is 7.48.